The molecule has 52 heavy (non-hydrogen) atoms. The van der Waals surface area contributed by atoms with Crippen molar-refractivity contribution in [2.24, 2.45) is 4.99 Å². The summed E-state index contributed by atoms with van der Waals surface area (Å²) in [7, 11) is 0. The summed E-state index contributed by atoms with van der Waals surface area (Å²) in [4.78, 5) is 5.18. The molecule has 0 aromatic heterocycles. The van der Waals surface area contributed by atoms with E-state index >= 15 is 0 Å². The number of ether oxygens (including phenoxy) is 1. The number of allylic oxidation sites excluding steroid dienone is 1. The minimum atomic E-state index is -0.645. The molecule has 1 spiro atoms. The number of hydrogen-bond acceptors (Lipinski definition) is 4. The van der Waals surface area contributed by atoms with E-state index in [0.29, 0.717) is 5.56 Å². The zero-order valence-electron chi connectivity index (χ0n) is 28.1. The zero-order valence-corrected chi connectivity index (χ0v) is 28.1. The number of nitrogens with zero attached hydrogens (tertiary/aromatic N) is 2. The first kappa shape index (κ1) is 29.9. The van der Waals surface area contributed by atoms with Crippen LogP contribution in [0.1, 0.15) is 50.7 Å². The average molecular weight is 666 g/mol. The first-order valence-corrected chi connectivity index (χ1v) is 17.5. The van der Waals surface area contributed by atoms with Crippen molar-refractivity contribution in [3.05, 3.63) is 220 Å². The number of aliphatic imine (C=N–C) groups is 1. The Labute approximate surface area is 302 Å². The normalized spacial score (nSPS) is 15.8. The fourth-order valence-electron chi connectivity index (χ4n) is 8.32. The highest BCUT2D eigenvalue weighted by atomic mass is 16.5. The number of nitriles is 1. The molecule has 2 aliphatic heterocycles. The van der Waals surface area contributed by atoms with Gasteiger partial charge in [-0.2, -0.15) is 5.26 Å². The first-order chi connectivity index (χ1) is 25.7. The van der Waals surface area contributed by atoms with Gasteiger partial charge in [0, 0.05) is 22.4 Å². The van der Waals surface area contributed by atoms with Gasteiger partial charge in [0.15, 0.2) is 0 Å². The number of para-hydroxylation sites is 2. The molecule has 1 unspecified atom stereocenters. The van der Waals surface area contributed by atoms with Crippen LogP contribution in [0, 0.1) is 11.3 Å². The molecule has 0 fully saturated rings. The van der Waals surface area contributed by atoms with Gasteiger partial charge < -0.3 is 10.1 Å². The van der Waals surface area contributed by atoms with Crippen LogP contribution in [-0.4, -0.2) is 5.71 Å². The summed E-state index contributed by atoms with van der Waals surface area (Å²) in [5.41, 5.74) is 14.0. The summed E-state index contributed by atoms with van der Waals surface area (Å²) in [5.74, 6) is 1.66. The fraction of sp³-hybridized carbons (Fsp3) is 0.0417. The smallest absolute Gasteiger partial charge is 0.145 e. The minimum Gasteiger partial charge on any atom is -0.457 e. The third-order valence-electron chi connectivity index (χ3n) is 10.6. The Morgan fingerprint density at radius 3 is 1.87 bits per heavy atom. The number of rotatable bonds is 4. The Hall–Kier alpha value is -6.96. The summed E-state index contributed by atoms with van der Waals surface area (Å²) in [6.45, 7) is 0. The van der Waals surface area contributed by atoms with Crippen LogP contribution in [0.4, 0.5) is 0 Å². The quantitative estimate of drug-likeness (QED) is 0.204. The molecule has 0 saturated heterocycles. The molecule has 4 heteroatoms. The van der Waals surface area contributed by atoms with E-state index in [1.54, 1.807) is 0 Å². The van der Waals surface area contributed by atoms with Crippen molar-refractivity contribution >= 4 is 11.4 Å². The van der Waals surface area contributed by atoms with Crippen LogP contribution in [0.5, 0.6) is 11.5 Å². The average Bonchev–Trinajstić information content (AvgIpc) is 3.51. The van der Waals surface area contributed by atoms with Crippen molar-refractivity contribution in [3.63, 3.8) is 0 Å². The summed E-state index contributed by atoms with van der Waals surface area (Å²) < 4.78 is 6.52. The van der Waals surface area contributed by atoms with Crippen LogP contribution in [0.25, 0.3) is 28.0 Å². The maximum absolute atomic E-state index is 10.3. The van der Waals surface area contributed by atoms with E-state index in [9.17, 15) is 5.26 Å². The molecule has 2 heterocycles. The minimum absolute atomic E-state index is 0.248. The van der Waals surface area contributed by atoms with Crippen LogP contribution < -0.4 is 10.1 Å². The molecule has 0 amide bonds. The Morgan fingerprint density at radius 1 is 0.558 bits per heavy atom. The van der Waals surface area contributed by atoms with Gasteiger partial charge in [0.2, 0.25) is 0 Å². The lowest BCUT2D eigenvalue weighted by Crippen LogP contribution is -2.32. The third-order valence-corrected chi connectivity index (χ3v) is 10.6. The molecule has 0 radical (unpaired) electrons. The molecule has 3 aliphatic rings. The molecular weight excluding hydrogens is 635 g/mol. The van der Waals surface area contributed by atoms with Crippen molar-refractivity contribution in [1.29, 1.82) is 5.26 Å². The highest BCUT2D eigenvalue weighted by Crippen LogP contribution is 2.62. The second-order valence-electron chi connectivity index (χ2n) is 13.4. The van der Waals surface area contributed by atoms with Crippen LogP contribution in [0.2, 0.25) is 0 Å². The third kappa shape index (κ3) is 4.50. The van der Waals surface area contributed by atoms with E-state index < -0.39 is 5.41 Å². The second kappa shape index (κ2) is 11.8. The van der Waals surface area contributed by atoms with E-state index in [1.807, 2.05) is 48.5 Å². The Balaban J connectivity index is 1.10. The van der Waals surface area contributed by atoms with Gasteiger partial charge in [-0.25, -0.2) is 0 Å². The summed E-state index contributed by atoms with van der Waals surface area (Å²) in [6.07, 6.45) is 1.89. The monoisotopic (exact) mass is 665 g/mol. The van der Waals surface area contributed by atoms with E-state index in [0.717, 1.165) is 84.1 Å². The summed E-state index contributed by atoms with van der Waals surface area (Å²) >= 11 is 0. The Morgan fingerprint density at radius 2 is 1.17 bits per heavy atom. The molecule has 10 rings (SSSR count). The molecule has 1 aliphatic carbocycles. The van der Waals surface area contributed by atoms with Crippen LogP contribution >= 0.6 is 0 Å². The van der Waals surface area contributed by atoms with Gasteiger partial charge in [-0.05, 0) is 74.8 Å². The Bertz CT molecular complexity index is 2590. The predicted octanol–water partition coefficient (Wildman–Crippen LogP) is 10.8. The van der Waals surface area contributed by atoms with Gasteiger partial charge in [-0.15, -0.1) is 0 Å². The van der Waals surface area contributed by atoms with Gasteiger partial charge in [-0.1, -0.05) is 146 Å². The number of nitrogens with one attached hydrogen (secondary N) is 1. The van der Waals surface area contributed by atoms with Crippen molar-refractivity contribution in [3.8, 4) is 39.8 Å². The molecule has 1 atom stereocenters. The summed E-state index contributed by atoms with van der Waals surface area (Å²) in [5, 5.41) is 14.0. The molecule has 0 saturated carbocycles. The maximum atomic E-state index is 10.3. The molecular formula is C48H31N3O. The topological polar surface area (TPSA) is 57.4 Å². The van der Waals surface area contributed by atoms with Gasteiger partial charge in [0.1, 0.15) is 17.7 Å². The largest absolute Gasteiger partial charge is 0.457 e. The van der Waals surface area contributed by atoms with Gasteiger partial charge in [0.25, 0.3) is 0 Å². The van der Waals surface area contributed by atoms with Crippen molar-refractivity contribution < 1.29 is 4.74 Å². The van der Waals surface area contributed by atoms with Gasteiger partial charge in [0.05, 0.1) is 22.8 Å². The molecule has 0 bridgehead atoms. The van der Waals surface area contributed by atoms with E-state index in [-0.39, 0.29) is 6.17 Å². The molecule has 7 aromatic carbocycles. The standard InChI is InChI=1S/C48H31N3O/c49-30-36-16-11-19-40-46(36)37-27-26-35(28-41(37)48(40)38-17-7-9-20-44(38)52-45-21-10-8-18-39(45)48)31-22-24-34(25-23-31)47-50-42(32-12-3-1-4-13-32)29-43(51-47)33-14-5-2-6-15-33/h1-29,47,50H. The lowest BCUT2D eigenvalue weighted by atomic mass is 9.66. The van der Waals surface area contributed by atoms with Crippen LogP contribution in [0.3, 0.4) is 0 Å². The molecule has 7 aromatic rings. The lowest BCUT2D eigenvalue weighted by molar-refractivity contribution is 0.436. The maximum Gasteiger partial charge on any atom is 0.145 e. The van der Waals surface area contributed by atoms with Crippen molar-refractivity contribution in [2.75, 3.05) is 0 Å². The van der Waals surface area contributed by atoms with Crippen LogP contribution in [-0.2, 0) is 5.41 Å². The molecule has 4 nitrogen and oxygen atoms in total. The molecule has 244 valence electrons. The Kier molecular flexibility index (Phi) is 6.81. The van der Waals surface area contributed by atoms with E-state index in [1.165, 1.54) is 0 Å². The highest BCUT2D eigenvalue weighted by molar-refractivity contribution is 6.13. The van der Waals surface area contributed by atoms with Gasteiger partial charge in [-0.3, -0.25) is 4.99 Å². The number of benzene rings is 7. The van der Waals surface area contributed by atoms with Crippen molar-refractivity contribution in [2.45, 2.75) is 11.6 Å². The highest BCUT2D eigenvalue weighted by Gasteiger charge is 2.51. The van der Waals surface area contributed by atoms with E-state index in [2.05, 4.69) is 139 Å². The first-order valence-electron chi connectivity index (χ1n) is 17.5. The van der Waals surface area contributed by atoms with Crippen LogP contribution in [0.15, 0.2) is 181 Å². The summed E-state index contributed by atoms with van der Waals surface area (Å²) in [6, 6.07) is 61.5. The van der Waals surface area contributed by atoms with Crippen molar-refractivity contribution in [1.82, 2.24) is 5.32 Å². The number of hydrogen-bond donors (Lipinski definition) is 1. The number of fused-ring (bicyclic) bond motifs is 9. The second-order valence-corrected chi connectivity index (χ2v) is 13.4. The zero-order chi connectivity index (χ0) is 34.6. The molecule has 1 N–H and O–H groups in total. The predicted molar refractivity (Wildman–Crippen MR) is 207 cm³/mol. The lowest BCUT2D eigenvalue weighted by Gasteiger charge is -2.39. The fourth-order valence-corrected chi connectivity index (χ4v) is 8.32. The SMILES string of the molecule is N#Cc1cccc2c1-c1ccc(-c3ccc(C4N=C(c5ccccc5)C=C(c5ccccc5)N4)cc3)cc1C21c2ccccc2Oc2ccccc21. The van der Waals surface area contributed by atoms with Gasteiger partial charge >= 0.3 is 0 Å². The van der Waals surface area contributed by atoms with E-state index in [4.69, 9.17) is 9.73 Å².